The number of benzene rings is 1. The van der Waals surface area contributed by atoms with Crippen LogP contribution in [-0.4, -0.2) is 36.4 Å². The molecule has 6 nitrogen and oxygen atoms in total. The van der Waals surface area contributed by atoms with Crippen LogP contribution in [0.2, 0.25) is 0 Å². The zero-order chi connectivity index (χ0) is 17.4. The first kappa shape index (κ1) is 17.3. The number of carbonyl (C=O) groups is 1. The van der Waals surface area contributed by atoms with E-state index in [0.29, 0.717) is 18.6 Å². The lowest BCUT2D eigenvalue weighted by Crippen LogP contribution is -2.49. The lowest BCUT2D eigenvalue weighted by molar-refractivity contribution is -0.144. The monoisotopic (exact) mass is 344 g/mol. The Labute approximate surface area is 132 Å². The molecule has 0 radical (unpaired) electrons. The van der Waals surface area contributed by atoms with Crippen molar-refractivity contribution >= 4 is 16.0 Å². The van der Waals surface area contributed by atoms with Crippen molar-refractivity contribution in [2.75, 3.05) is 6.54 Å². The van der Waals surface area contributed by atoms with Crippen molar-refractivity contribution in [3.8, 4) is 6.07 Å². The quantitative estimate of drug-likeness (QED) is 0.900. The molecule has 1 aromatic rings. The molecule has 1 aromatic carbocycles. The minimum Gasteiger partial charge on any atom is -0.481 e. The zero-order valence-corrected chi connectivity index (χ0v) is 13.0. The van der Waals surface area contributed by atoms with E-state index in [1.54, 1.807) is 0 Å². The van der Waals surface area contributed by atoms with Gasteiger partial charge < -0.3 is 5.11 Å². The summed E-state index contributed by atoms with van der Waals surface area (Å²) in [4.78, 5) is 10.0. The van der Waals surface area contributed by atoms with Crippen molar-refractivity contribution in [2.45, 2.75) is 30.7 Å². The summed E-state index contributed by atoms with van der Waals surface area (Å²) in [6.45, 7) is 1.38. The Bertz CT molecular complexity index is 765. The molecule has 0 aromatic heterocycles. The van der Waals surface area contributed by atoms with E-state index in [0.717, 1.165) is 4.31 Å². The van der Waals surface area contributed by atoms with Crippen LogP contribution in [0.25, 0.3) is 0 Å². The fourth-order valence-electron chi connectivity index (χ4n) is 2.77. The van der Waals surface area contributed by atoms with Gasteiger partial charge in [0.15, 0.2) is 4.90 Å². The number of rotatable bonds is 3. The third-order valence-electron chi connectivity index (χ3n) is 3.94. The number of sulfonamides is 1. The summed E-state index contributed by atoms with van der Waals surface area (Å²) >= 11 is 0. The summed E-state index contributed by atoms with van der Waals surface area (Å²) in [6, 6.07) is 1.88. The number of hydrogen-bond donors (Lipinski definition) is 1. The highest BCUT2D eigenvalue weighted by molar-refractivity contribution is 7.89. The summed E-state index contributed by atoms with van der Waals surface area (Å²) in [5.41, 5.74) is -0.339. The maximum absolute atomic E-state index is 14.0. The first-order chi connectivity index (χ1) is 10.7. The van der Waals surface area contributed by atoms with Crippen LogP contribution in [0.3, 0.4) is 0 Å². The van der Waals surface area contributed by atoms with Crippen molar-refractivity contribution in [1.82, 2.24) is 4.31 Å². The van der Waals surface area contributed by atoms with Crippen molar-refractivity contribution in [1.29, 1.82) is 5.26 Å². The SMILES string of the molecule is C[C@@H]1[C@H](C(=O)O)CCCN1S(=O)(=O)c1c(F)cc(C#N)cc1F. The summed E-state index contributed by atoms with van der Waals surface area (Å²) in [5.74, 6) is -4.83. The molecule has 1 saturated heterocycles. The van der Waals surface area contributed by atoms with Gasteiger partial charge in [0.25, 0.3) is 0 Å². The van der Waals surface area contributed by atoms with Crippen LogP contribution >= 0.6 is 0 Å². The molecule has 23 heavy (non-hydrogen) atoms. The van der Waals surface area contributed by atoms with Crippen LogP contribution in [0.1, 0.15) is 25.3 Å². The van der Waals surface area contributed by atoms with Crippen LogP contribution in [0.4, 0.5) is 8.78 Å². The van der Waals surface area contributed by atoms with Gasteiger partial charge in [0, 0.05) is 12.6 Å². The second-order valence-electron chi connectivity index (χ2n) is 5.32. The predicted molar refractivity (Wildman–Crippen MR) is 74.8 cm³/mol. The Morgan fingerprint density at radius 2 is 1.96 bits per heavy atom. The highest BCUT2D eigenvalue weighted by atomic mass is 32.2. The van der Waals surface area contributed by atoms with Crippen LogP contribution in [0.15, 0.2) is 17.0 Å². The minimum absolute atomic E-state index is 0.0217. The Morgan fingerprint density at radius 1 is 1.39 bits per heavy atom. The number of carboxylic acids is 1. The average molecular weight is 344 g/mol. The van der Waals surface area contributed by atoms with Gasteiger partial charge in [0.05, 0.1) is 17.6 Å². The van der Waals surface area contributed by atoms with Gasteiger partial charge in [-0.15, -0.1) is 0 Å². The molecular formula is C14H14F2N2O4S. The molecule has 0 saturated carbocycles. The van der Waals surface area contributed by atoms with Gasteiger partial charge in [-0.25, -0.2) is 17.2 Å². The molecule has 2 atom stereocenters. The van der Waals surface area contributed by atoms with E-state index in [1.807, 2.05) is 0 Å². The molecule has 0 unspecified atom stereocenters. The number of piperidine rings is 1. The van der Waals surface area contributed by atoms with E-state index >= 15 is 0 Å². The third-order valence-corrected chi connectivity index (χ3v) is 5.98. The Morgan fingerprint density at radius 3 is 2.43 bits per heavy atom. The molecular weight excluding hydrogens is 330 g/mol. The number of hydrogen-bond acceptors (Lipinski definition) is 4. The second-order valence-corrected chi connectivity index (χ2v) is 7.15. The third kappa shape index (κ3) is 3.04. The van der Waals surface area contributed by atoms with Gasteiger partial charge >= 0.3 is 5.97 Å². The van der Waals surface area contributed by atoms with Gasteiger partial charge in [0.2, 0.25) is 10.0 Å². The topological polar surface area (TPSA) is 98.5 Å². The number of nitrogens with zero attached hydrogens (tertiary/aromatic N) is 2. The Hall–Kier alpha value is -2.05. The normalized spacial score (nSPS) is 22.5. The Balaban J connectivity index is 2.51. The maximum atomic E-state index is 14.0. The standard InChI is InChI=1S/C14H14F2N2O4S/c1-8-10(14(19)20)3-2-4-18(8)23(21,22)13-11(15)5-9(7-17)6-12(13)16/h5-6,8,10H,2-4H2,1H3,(H,19,20)/t8-,10-/m1/s1. The molecule has 0 spiro atoms. The van der Waals surface area contributed by atoms with Crippen LogP contribution < -0.4 is 0 Å². The molecule has 1 aliphatic heterocycles. The van der Waals surface area contributed by atoms with Crippen molar-refractivity contribution < 1.29 is 27.1 Å². The number of nitriles is 1. The molecule has 9 heteroatoms. The van der Waals surface area contributed by atoms with Gasteiger partial charge in [-0.1, -0.05) is 0 Å². The highest BCUT2D eigenvalue weighted by Crippen LogP contribution is 2.31. The summed E-state index contributed by atoms with van der Waals surface area (Å²) < 4.78 is 54.0. The molecule has 0 bridgehead atoms. The summed E-state index contributed by atoms with van der Waals surface area (Å²) in [6.07, 6.45) is 0.570. The van der Waals surface area contributed by atoms with E-state index in [4.69, 9.17) is 10.4 Å². The molecule has 1 heterocycles. The van der Waals surface area contributed by atoms with Gasteiger partial charge in [-0.05, 0) is 31.9 Å². The van der Waals surface area contributed by atoms with Crippen LogP contribution in [0, 0.1) is 28.9 Å². The number of carboxylic acid groups (broad SMARTS) is 1. The van der Waals surface area contributed by atoms with E-state index in [2.05, 4.69) is 0 Å². The van der Waals surface area contributed by atoms with Crippen molar-refractivity contribution in [3.63, 3.8) is 0 Å². The van der Waals surface area contributed by atoms with Gasteiger partial charge in [-0.3, -0.25) is 4.79 Å². The number of halogens is 2. The summed E-state index contributed by atoms with van der Waals surface area (Å²) in [7, 11) is -4.55. The first-order valence-electron chi connectivity index (χ1n) is 6.84. The van der Waals surface area contributed by atoms with E-state index < -0.39 is 44.5 Å². The molecule has 2 rings (SSSR count). The lowest BCUT2D eigenvalue weighted by atomic mass is 9.92. The van der Waals surface area contributed by atoms with Gasteiger partial charge in [0.1, 0.15) is 11.6 Å². The highest BCUT2D eigenvalue weighted by Gasteiger charge is 2.41. The van der Waals surface area contributed by atoms with E-state index in [-0.39, 0.29) is 18.5 Å². The smallest absolute Gasteiger partial charge is 0.308 e. The molecule has 0 aliphatic carbocycles. The zero-order valence-electron chi connectivity index (χ0n) is 12.2. The fourth-order valence-corrected chi connectivity index (χ4v) is 4.57. The molecule has 1 fully saturated rings. The number of aliphatic carboxylic acids is 1. The van der Waals surface area contributed by atoms with Crippen LogP contribution in [-0.2, 0) is 14.8 Å². The van der Waals surface area contributed by atoms with Gasteiger partial charge in [-0.2, -0.15) is 9.57 Å². The first-order valence-corrected chi connectivity index (χ1v) is 8.28. The minimum atomic E-state index is -4.55. The molecule has 1 N–H and O–H groups in total. The molecule has 0 amide bonds. The average Bonchev–Trinajstić information content (AvgIpc) is 2.45. The predicted octanol–water partition coefficient (Wildman–Crippen LogP) is 1.71. The second kappa shape index (κ2) is 6.22. The van der Waals surface area contributed by atoms with Crippen molar-refractivity contribution in [2.24, 2.45) is 5.92 Å². The van der Waals surface area contributed by atoms with E-state index in [1.165, 1.54) is 13.0 Å². The maximum Gasteiger partial charge on any atom is 0.308 e. The summed E-state index contributed by atoms with van der Waals surface area (Å²) in [5, 5.41) is 17.8. The Kier molecular flexibility index (Phi) is 4.68. The molecule has 1 aliphatic rings. The lowest BCUT2D eigenvalue weighted by Gasteiger charge is -2.36. The largest absolute Gasteiger partial charge is 0.481 e. The van der Waals surface area contributed by atoms with Crippen LogP contribution in [0.5, 0.6) is 0 Å². The van der Waals surface area contributed by atoms with Crippen molar-refractivity contribution in [3.05, 3.63) is 29.3 Å². The van der Waals surface area contributed by atoms with E-state index in [9.17, 15) is 22.0 Å². The fraction of sp³-hybridized carbons (Fsp3) is 0.429. The molecule has 124 valence electrons.